The Labute approximate surface area is 138 Å². The van der Waals surface area contributed by atoms with E-state index >= 15 is 0 Å². The molecule has 0 aliphatic carbocycles. The Morgan fingerprint density at radius 1 is 1.13 bits per heavy atom. The van der Waals surface area contributed by atoms with Crippen LogP contribution in [0.25, 0.3) is 0 Å². The van der Waals surface area contributed by atoms with Gasteiger partial charge in [0.2, 0.25) is 5.91 Å². The molecule has 1 aromatic rings. The number of carboxylic acid groups (broad SMARTS) is 1. The molecule has 0 bridgehead atoms. The highest BCUT2D eigenvalue weighted by atomic mass is 16.4. The van der Waals surface area contributed by atoms with Gasteiger partial charge in [-0.15, -0.1) is 0 Å². The third kappa shape index (κ3) is 5.38. The number of rotatable bonds is 6. The second kappa shape index (κ2) is 8.14. The van der Waals surface area contributed by atoms with Gasteiger partial charge in [0.05, 0.1) is 0 Å². The predicted octanol–water partition coefficient (Wildman–Crippen LogP) is 3.48. The summed E-state index contributed by atoms with van der Waals surface area (Å²) in [5, 5.41) is 8.87. The van der Waals surface area contributed by atoms with Crippen molar-refractivity contribution < 1.29 is 14.7 Å². The number of amides is 1. The van der Waals surface area contributed by atoms with Crippen molar-refractivity contribution in [2.24, 2.45) is 0 Å². The zero-order valence-corrected chi connectivity index (χ0v) is 14.2. The van der Waals surface area contributed by atoms with Crippen LogP contribution in [0, 0.1) is 13.8 Å². The van der Waals surface area contributed by atoms with E-state index in [-0.39, 0.29) is 18.4 Å². The number of carbonyl (C=O) groups excluding carboxylic acids is 1. The Bertz CT molecular complexity index is 547. The number of nitrogens with zero attached hydrogens (tertiary/aromatic N) is 1. The highest BCUT2D eigenvalue weighted by Crippen LogP contribution is 2.22. The second-order valence-electron chi connectivity index (χ2n) is 6.67. The average molecular weight is 317 g/mol. The lowest BCUT2D eigenvalue weighted by Crippen LogP contribution is -2.44. The molecule has 1 aromatic carbocycles. The number of likely N-dealkylation sites (tertiary alicyclic amines) is 1. The van der Waals surface area contributed by atoms with Crippen molar-refractivity contribution in [3.8, 4) is 0 Å². The van der Waals surface area contributed by atoms with E-state index in [9.17, 15) is 9.59 Å². The van der Waals surface area contributed by atoms with Gasteiger partial charge in [0.25, 0.3) is 0 Å². The number of aryl methyl sites for hydroxylation is 3. The lowest BCUT2D eigenvalue weighted by atomic mass is 9.96. The molecule has 1 aliphatic rings. The number of benzene rings is 1. The van der Waals surface area contributed by atoms with Crippen LogP contribution in [-0.2, 0) is 16.0 Å². The summed E-state index contributed by atoms with van der Waals surface area (Å²) in [6.07, 6.45) is 5.03. The van der Waals surface area contributed by atoms with Gasteiger partial charge in [0, 0.05) is 25.4 Å². The van der Waals surface area contributed by atoms with Gasteiger partial charge in [-0.25, -0.2) is 0 Å². The van der Waals surface area contributed by atoms with Gasteiger partial charge >= 0.3 is 5.97 Å². The number of hydrogen-bond donors (Lipinski definition) is 1. The van der Waals surface area contributed by atoms with Gasteiger partial charge in [-0.3, -0.25) is 9.59 Å². The summed E-state index contributed by atoms with van der Waals surface area (Å²) in [6, 6.07) is 6.51. The molecule has 1 N–H and O–H groups in total. The molecule has 0 saturated carbocycles. The van der Waals surface area contributed by atoms with Gasteiger partial charge in [0.1, 0.15) is 0 Å². The zero-order valence-electron chi connectivity index (χ0n) is 14.2. The highest BCUT2D eigenvalue weighted by Gasteiger charge is 2.26. The van der Waals surface area contributed by atoms with Crippen molar-refractivity contribution in [3.05, 3.63) is 34.9 Å². The Hall–Kier alpha value is -1.84. The first-order chi connectivity index (χ1) is 11.0. The molecule has 126 valence electrons. The number of carboxylic acids is 1. The van der Waals surface area contributed by atoms with Crippen LogP contribution in [0.2, 0.25) is 0 Å². The lowest BCUT2D eigenvalue weighted by Gasteiger charge is -2.36. The van der Waals surface area contributed by atoms with Gasteiger partial charge in [-0.2, -0.15) is 0 Å². The van der Waals surface area contributed by atoms with E-state index in [1.165, 1.54) is 16.7 Å². The van der Waals surface area contributed by atoms with Gasteiger partial charge in [-0.05, 0) is 51.5 Å². The topological polar surface area (TPSA) is 57.6 Å². The van der Waals surface area contributed by atoms with E-state index in [4.69, 9.17) is 5.11 Å². The normalized spacial score (nSPS) is 18.0. The van der Waals surface area contributed by atoms with Crippen molar-refractivity contribution >= 4 is 11.9 Å². The van der Waals surface area contributed by atoms with E-state index in [0.29, 0.717) is 12.8 Å². The zero-order chi connectivity index (χ0) is 16.8. The molecule has 0 aromatic heterocycles. The molecule has 1 aliphatic heterocycles. The summed E-state index contributed by atoms with van der Waals surface area (Å²) >= 11 is 0. The van der Waals surface area contributed by atoms with Crippen molar-refractivity contribution in [1.82, 2.24) is 4.90 Å². The summed E-state index contributed by atoms with van der Waals surface area (Å²) < 4.78 is 0. The van der Waals surface area contributed by atoms with Crippen LogP contribution in [-0.4, -0.2) is 34.5 Å². The summed E-state index contributed by atoms with van der Waals surface area (Å²) in [6.45, 7) is 4.92. The molecular formula is C19H27NO3. The molecule has 2 rings (SSSR count). The smallest absolute Gasteiger partial charge is 0.303 e. The van der Waals surface area contributed by atoms with Crippen molar-refractivity contribution in [2.45, 2.75) is 64.8 Å². The molecule has 0 spiro atoms. The van der Waals surface area contributed by atoms with Gasteiger partial charge in [0.15, 0.2) is 0 Å². The molecule has 23 heavy (non-hydrogen) atoms. The summed E-state index contributed by atoms with van der Waals surface area (Å²) in [7, 11) is 0. The quantitative estimate of drug-likeness (QED) is 0.874. The maximum Gasteiger partial charge on any atom is 0.303 e. The molecule has 1 unspecified atom stereocenters. The van der Waals surface area contributed by atoms with Crippen LogP contribution in [0.1, 0.15) is 55.2 Å². The SMILES string of the molecule is Cc1cc(C)cc(CCC(=O)N2CCCCC2CCC(=O)O)c1. The molecule has 1 fully saturated rings. The highest BCUT2D eigenvalue weighted by molar-refractivity contribution is 5.77. The second-order valence-corrected chi connectivity index (χ2v) is 6.67. The summed E-state index contributed by atoms with van der Waals surface area (Å²) in [4.78, 5) is 25.3. The van der Waals surface area contributed by atoms with Crippen LogP contribution >= 0.6 is 0 Å². The van der Waals surface area contributed by atoms with Crippen molar-refractivity contribution in [1.29, 1.82) is 0 Å². The first-order valence-electron chi connectivity index (χ1n) is 8.54. The lowest BCUT2D eigenvalue weighted by molar-refractivity contribution is -0.140. The monoisotopic (exact) mass is 317 g/mol. The van der Waals surface area contributed by atoms with Crippen molar-refractivity contribution in [3.63, 3.8) is 0 Å². The molecular weight excluding hydrogens is 290 g/mol. The standard InChI is InChI=1S/C19H27NO3/c1-14-11-15(2)13-16(12-14)6-8-18(21)20-10-4-3-5-17(20)7-9-19(22)23/h11-13,17H,3-10H2,1-2H3,(H,22,23). The Morgan fingerprint density at radius 3 is 2.48 bits per heavy atom. The van der Waals surface area contributed by atoms with Crippen LogP contribution in [0.5, 0.6) is 0 Å². The maximum absolute atomic E-state index is 12.6. The minimum absolute atomic E-state index is 0.103. The molecule has 4 heteroatoms. The van der Waals surface area contributed by atoms with E-state index in [2.05, 4.69) is 32.0 Å². The number of hydrogen-bond acceptors (Lipinski definition) is 2. The molecule has 1 heterocycles. The van der Waals surface area contributed by atoms with Crippen molar-refractivity contribution in [2.75, 3.05) is 6.54 Å². The summed E-state index contributed by atoms with van der Waals surface area (Å²) in [5.41, 5.74) is 3.66. The Balaban J connectivity index is 1.93. The largest absolute Gasteiger partial charge is 0.481 e. The molecule has 0 radical (unpaired) electrons. The van der Waals surface area contributed by atoms with Gasteiger partial charge < -0.3 is 10.0 Å². The number of carbonyl (C=O) groups is 2. The van der Waals surface area contributed by atoms with Crippen LogP contribution < -0.4 is 0 Å². The van der Waals surface area contributed by atoms with E-state index < -0.39 is 5.97 Å². The molecule has 1 amide bonds. The minimum Gasteiger partial charge on any atom is -0.481 e. The third-order valence-electron chi connectivity index (χ3n) is 4.55. The fraction of sp³-hybridized carbons (Fsp3) is 0.579. The Morgan fingerprint density at radius 2 is 1.83 bits per heavy atom. The Kier molecular flexibility index (Phi) is 6.20. The van der Waals surface area contributed by atoms with Crippen LogP contribution in [0.4, 0.5) is 0 Å². The number of aliphatic carboxylic acids is 1. The third-order valence-corrected chi connectivity index (χ3v) is 4.55. The maximum atomic E-state index is 12.6. The van der Waals surface area contributed by atoms with Gasteiger partial charge in [-0.1, -0.05) is 29.3 Å². The molecule has 1 atom stereocenters. The molecule has 4 nitrogen and oxygen atoms in total. The number of piperidine rings is 1. The predicted molar refractivity (Wildman–Crippen MR) is 90.5 cm³/mol. The van der Waals surface area contributed by atoms with Crippen LogP contribution in [0.15, 0.2) is 18.2 Å². The first-order valence-corrected chi connectivity index (χ1v) is 8.54. The fourth-order valence-corrected chi connectivity index (χ4v) is 3.53. The fourth-order valence-electron chi connectivity index (χ4n) is 3.53. The summed E-state index contributed by atoms with van der Waals surface area (Å²) in [5.74, 6) is -0.613. The average Bonchev–Trinajstić information content (AvgIpc) is 2.50. The van der Waals surface area contributed by atoms with E-state index in [0.717, 1.165) is 32.2 Å². The van der Waals surface area contributed by atoms with E-state index in [1.54, 1.807) is 0 Å². The first kappa shape index (κ1) is 17.5. The van der Waals surface area contributed by atoms with E-state index in [1.807, 2.05) is 4.90 Å². The minimum atomic E-state index is -0.779. The van der Waals surface area contributed by atoms with Crippen LogP contribution in [0.3, 0.4) is 0 Å². The molecule has 1 saturated heterocycles.